The molecule has 0 aliphatic heterocycles. The first kappa shape index (κ1) is 19.7. The van der Waals surface area contributed by atoms with Crippen LogP contribution >= 0.6 is 0 Å². The molecule has 1 atom stereocenters. The first-order valence-electron chi connectivity index (χ1n) is 10.4. The molecule has 0 aromatic carbocycles. The fourth-order valence-corrected chi connectivity index (χ4v) is 3.77. The second-order valence-corrected chi connectivity index (χ2v) is 7.44. The number of ketones is 1. The molecule has 0 amide bonds. The molecule has 1 unspecified atom stereocenters. The summed E-state index contributed by atoms with van der Waals surface area (Å²) in [5.41, 5.74) is 0. The van der Waals surface area contributed by atoms with Gasteiger partial charge in [0.2, 0.25) is 0 Å². The highest BCUT2D eigenvalue weighted by Crippen LogP contribution is 2.23. The Kier molecular flexibility index (Phi) is 12.8. The molecular formula is C21H40O. The minimum atomic E-state index is 0.398. The van der Waals surface area contributed by atoms with Crippen molar-refractivity contribution in [2.45, 2.75) is 122 Å². The molecule has 1 aliphatic rings. The number of carbonyl (C=O) groups is 1. The highest BCUT2D eigenvalue weighted by atomic mass is 16.1. The number of hydrogen-bond acceptors (Lipinski definition) is 1. The van der Waals surface area contributed by atoms with Gasteiger partial charge in [0.25, 0.3) is 0 Å². The topological polar surface area (TPSA) is 17.1 Å². The van der Waals surface area contributed by atoms with E-state index >= 15 is 0 Å². The molecule has 0 saturated heterocycles. The fraction of sp³-hybridized carbons (Fsp3) is 0.952. The van der Waals surface area contributed by atoms with E-state index in [1.165, 1.54) is 103 Å². The smallest absolute Gasteiger partial charge is 0.135 e. The zero-order valence-corrected chi connectivity index (χ0v) is 15.2. The monoisotopic (exact) mass is 308 g/mol. The molecule has 0 N–H and O–H groups in total. The Labute approximate surface area is 139 Å². The van der Waals surface area contributed by atoms with Crippen LogP contribution in [0.5, 0.6) is 0 Å². The SMILES string of the molecule is CCCCCCCCCC1CCCCCCCCCCC1=O. The van der Waals surface area contributed by atoms with Gasteiger partial charge in [0.05, 0.1) is 0 Å². The van der Waals surface area contributed by atoms with Gasteiger partial charge in [-0.05, 0) is 19.3 Å². The van der Waals surface area contributed by atoms with Gasteiger partial charge in [-0.15, -0.1) is 0 Å². The van der Waals surface area contributed by atoms with Crippen molar-refractivity contribution >= 4 is 5.78 Å². The van der Waals surface area contributed by atoms with Gasteiger partial charge in [0.1, 0.15) is 5.78 Å². The molecule has 1 rings (SSSR count). The van der Waals surface area contributed by atoms with Crippen LogP contribution in [-0.2, 0) is 4.79 Å². The molecule has 22 heavy (non-hydrogen) atoms. The van der Waals surface area contributed by atoms with Crippen molar-refractivity contribution in [3.63, 3.8) is 0 Å². The third kappa shape index (κ3) is 10.4. The van der Waals surface area contributed by atoms with Gasteiger partial charge in [-0.25, -0.2) is 0 Å². The maximum absolute atomic E-state index is 12.4. The van der Waals surface area contributed by atoms with Crippen molar-refractivity contribution in [2.24, 2.45) is 5.92 Å². The maximum atomic E-state index is 12.4. The third-order valence-electron chi connectivity index (χ3n) is 5.34. The summed E-state index contributed by atoms with van der Waals surface area (Å²) >= 11 is 0. The van der Waals surface area contributed by atoms with Crippen molar-refractivity contribution in [1.29, 1.82) is 0 Å². The molecule has 0 aromatic rings. The Balaban J connectivity index is 2.19. The van der Waals surface area contributed by atoms with Crippen LogP contribution in [0.3, 0.4) is 0 Å². The van der Waals surface area contributed by atoms with Gasteiger partial charge < -0.3 is 0 Å². The van der Waals surface area contributed by atoms with Crippen LogP contribution in [0.2, 0.25) is 0 Å². The van der Waals surface area contributed by atoms with Gasteiger partial charge in [0.15, 0.2) is 0 Å². The fourth-order valence-electron chi connectivity index (χ4n) is 3.77. The van der Waals surface area contributed by atoms with Crippen molar-refractivity contribution in [2.75, 3.05) is 0 Å². The molecule has 1 saturated carbocycles. The van der Waals surface area contributed by atoms with E-state index in [-0.39, 0.29) is 0 Å². The molecule has 1 aliphatic carbocycles. The third-order valence-corrected chi connectivity index (χ3v) is 5.34. The first-order valence-corrected chi connectivity index (χ1v) is 10.4. The van der Waals surface area contributed by atoms with E-state index in [0.29, 0.717) is 11.7 Å². The Morgan fingerprint density at radius 3 is 1.95 bits per heavy atom. The van der Waals surface area contributed by atoms with Crippen LogP contribution in [0.25, 0.3) is 0 Å². The predicted octanol–water partition coefficient (Wildman–Crippen LogP) is 7.23. The van der Waals surface area contributed by atoms with Gasteiger partial charge in [-0.1, -0.05) is 96.8 Å². The summed E-state index contributed by atoms with van der Waals surface area (Å²) in [4.78, 5) is 12.4. The second kappa shape index (κ2) is 14.3. The number of rotatable bonds is 8. The number of unbranched alkanes of at least 4 members (excludes halogenated alkanes) is 6. The highest BCUT2D eigenvalue weighted by molar-refractivity contribution is 5.80. The molecule has 1 fully saturated rings. The molecule has 0 aromatic heterocycles. The summed E-state index contributed by atoms with van der Waals surface area (Å²) < 4.78 is 0. The number of Topliss-reactive ketones (excluding diaryl/α,β-unsaturated/α-hetero) is 1. The first-order chi connectivity index (χ1) is 10.8. The van der Waals surface area contributed by atoms with Crippen molar-refractivity contribution < 1.29 is 4.79 Å². The predicted molar refractivity (Wildman–Crippen MR) is 97.3 cm³/mol. The zero-order valence-electron chi connectivity index (χ0n) is 15.2. The molecule has 1 nitrogen and oxygen atoms in total. The number of hydrogen-bond donors (Lipinski definition) is 0. The van der Waals surface area contributed by atoms with Crippen LogP contribution in [0.1, 0.15) is 122 Å². The lowest BCUT2D eigenvalue weighted by Crippen LogP contribution is -2.15. The summed E-state index contributed by atoms with van der Waals surface area (Å²) in [5, 5.41) is 0. The van der Waals surface area contributed by atoms with Crippen LogP contribution in [0, 0.1) is 5.92 Å². The van der Waals surface area contributed by atoms with E-state index in [9.17, 15) is 4.79 Å². The molecule has 0 heterocycles. The Hall–Kier alpha value is -0.330. The quantitative estimate of drug-likeness (QED) is 0.432. The average Bonchev–Trinajstić information content (AvgIpc) is 2.52. The van der Waals surface area contributed by atoms with E-state index < -0.39 is 0 Å². The zero-order chi connectivity index (χ0) is 15.9. The van der Waals surface area contributed by atoms with Crippen LogP contribution < -0.4 is 0 Å². The lowest BCUT2D eigenvalue weighted by Gasteiger charge is -2.17. The van der Waals surface area contributed by atoms with Gasteiger partial charge in [-0.3, -0.25) is 4.79 Å². The average molecular weight is 309 g/mol. The molecule has 130 valence electrons. The van der Waals surface area contributed by atoms with Crippen molar-refractivity contribution in [3.8, 4) is 0 Å². The molecular weight excluding hydrogens is 268 g/mol. The minimum Gasteiger partial charge on any atom is -0.299 e. The molecule has 1 heteroatoms. The summed E-state index contributed by atoms with van der Waals surface area (Å²) in [7, 11) is 0. The minimum absolute atomic E-state index is 0.398. The second-order valence-electron chi connectivity index (χ2n) is 7.44. The van der Waals surface area contributed by atoms with Gasteiger partial charge >= 0.3 is 0 Å². The van der Waals surface area contributed by atoms with E-state index in [2.05, 4.69) is 6.92 Å². The summed E-state index contributed by atoms with van der Waals surface area (Å²) in [6, 6.07) is 0. The van der Waals surface area contributed by atoms with Crippen LogP contribution in [-0.4, -0.2) is 5.78 Å². The largest absolute Gasteiger partial charge is 0.299 e. The van der Waals surface area contributed by atoms with Crippen molar-refractivity contribution in [1.82, 2.24) is 0 Å². The molecule has 0 radical (unpaired) electrons. The van der Waals surface area contributed by atoms with E-state index in [0.717, 1.165) is 12.8 Å². The molecule has 0 bridgehead atoms. The van der Waals surface area contributed by atoms with Crippen LogP contribution in [0.15, 0.2) is 0 Å². The normalized spacial score (nSPS) is 22.0. The number of carbonyl (C=O) groups excluding carboxylic acids is 1. The summed E-state index contributed by atoms with van der Waals surface area (Å²) in [6.07, 6.45) is 23.3. The van der Waals surface area contributed by atoms with E-state index in [1.807, 2.05) is 0 Å². The molecule has 0 spiro atoms. The van der Waals surface area contributed by atoms with E-state index in [1.54, 1.807) is 0 Å². The van der Waals surface area contributed by atoms with Crippen molar-refractivity contribution in [3.05, 3.63) is 0 Å². The van der Waals surface area contributed by atoms with Gasteiger partial charge in [-0.2, -0.15) is 0 Å². The Morgan fingerprint density at radius 1 is 0.727 bits per heavy atom. The lowest BCUT2D eigenvalue weighted by molar-refractivity contribution is -0.123. The standard InChI is InChI=1S/C21H40O/c1-2-3-4-5-8-11-14-17-20-18-15-12-9-6-7-10-13-16-19-21(20)22/h20H,2-19H2,1H3. The lowest BCUT2D eigenvalue weighted by atomic mass is 9.88. The summed E-state index contributed by atoms with van der Waals surface area (Å²) in [6.45, 7) is 2.27. The Bertz CT molecular complexity index is 259. The van der Waals surface area contributed by atoms with Crippen LogP contribution in [0.4, 0.5) is 0 Å². The van der Waals surface area contributed by atoms with Gasteiger partial charge in [0, 0.05) is 12.3 Å². The highest BCUT2D eigenvalue weighted by Gasteiger charge is 2.17. The summed E-state index contributed by atoms with van der Waals surface area (Å²) in [5.74, 6) is 0.988. The Morgan fingerprint density at radius 2 is 1.27 bits per heavy atom. The maximum Gasteiger partial charge on any atom is 0.135 e. The van der Waals surface area contributed by atoms with E-state index in [4.69, 9.17) is 0 Å².